The van der Waals surface area contributed by atoms with Gasteiger partial charge in [0.15, 0.2) is 0 Å². The zero-order chi connectivity index (χ0) is 18.4. The molecule has 2 amide bonds. The van der Waals surface area contributed by atoms with Crippen LogP contribution in [-0.2, 0) is 16.0 Å². The summed E-state index contributed by atoms with van der Waals surface area (Å²) in [7, 11) is 0. The maximum absolute atomic E-state index is 12.9. The average molecular weight is 356 g/mol. The van der Waals surface area contributed by atoms with Crippen LogP contribution in [0.3, 0.4) is 0 Å². The predicted molar refractivity (Wildman–Crippen MR) is 96.1 cm³/mol. The first-order chi connectivity index (χ1) is 12.6. The maximum atomic E-state index is 12.9. The van der Waals surface area contributed by atoms with Gasteiger partial charge in [-0.3, -0.25) is 9.59 Å². The molecular formula is C19H21FN4O2. The van der Waals surface area contributed by atoms with Crippen LogP contribution in [0.15, 0.2) is 48.7 Å². The maximum Gasteiger partial charge on any atom is 0.312 e. The second kappa shape index (κ2) is 8.42. The Morgan fingerprint density at radius 3 is 2.42 bits per heavy atom. The number of halogens is 1. The van der Waals surface area contributed by atoms with Crippen molar-refractivity contribution in [3.8, 4) is 0 Å². The van der Waals surface area contributed by atoms with E-state index >= 15 is 0 Å². The molecule has 1 N–H and O–H groups in total. The van der Waals surface area contributed by atoms with E-state index in [1.807, 2.05) is 18.2 Å². The molecule has 136 valence electrons. The van der Waals surface area contributed by atoms with E-state index in [0.717, 1.165) is 11.4 Å². The number of hydrogen-bond donors (Lipinski definition) is 1. The van der Waals surface area contributed by atoms with Gasteiger partial charge < -0.3 is 15.1 Å². The van der Waals surface area contributed by atoms with E-state index in [2.05, 4.69) is 15.2 Å². The first-order valence-electron chi connectivity index (χ1n) is 8.61. The Balaban J connectivity index is 1.43. The molecule has 1 saturated heterocycles. The van der Waals surface area contributed by atoms with Crippen LogP contribution in [0, 0.1) is 5.82 Å². The molecule has 0 atom stereocenters. The van der Waals surface area contributed by atoms with Gasteiger partial charge in [0, 0.05) is 38.9 Å². The molecule has 1 aliphatic rings. The van der Waals surface area contributed by atoms with Crippen molar-refractivity contribution < 1.29 is 14.0 Å². The van der Waals surface area contributed by atoms with E-state index < -0.39 is 11.8 Å². The molecule has 1 fully saturated rings. The van der Waals surface area contributed by atoms with Gasteiger partial charge in [-0.25, -0.2) is 9.37 Å². The number of hydrogen-bond acceptors (Lipinski definition) is 4. The third-order valence-corrected chi connectivity index (χ3v) is 4.35. The standard InChI is InChI=1S/C19H21FN4O2/c20-16-6-4-15(5-7-16)8-10-22-18(25)19(26)24-13-11-23(12-14-24)17-3-1-2-9-21-17/h1-7,9H,8,10-14H2,(H,22,25). The summed E-state index contributed by atoms with van der Waals surface area (Å²) >= 11 is 0. The Kier molecular flexibility index (Phi) is 5.78. The highest BCUT2D eigenvalue weighted by Gasteiger charge is 2.26. The van der Waals surface area contributed by atoms with Crippen LogP contribution >= 0.6 is 0 Å². The molecule has 2 aromatic rings. The van der Waals surface area contributed by atoms with Gasteiger partial charge in [0.05, 0.1) is 0 Å². The first-order valence-corrected chi connectivity index (χ1v) is 8.61. The highest BCUT2D eigenvalue weighted by Crippen LogP contribution is 2.12. The molecule has 1 aliphatic heterocycles. The van der Waals surface area contributed by atoms with Gasteiger partial charge in [-0.15, -0.1) is 0 Å². The number of nitrogens with one attached hydrogen (secondary N) is 1. The van der Waals surface area contributed by atoms with Crippen LogP contribution in [0.5, 0.6) is 0 Å². The third-order valence-electron chi connectivity index (χ3n) is 4.35. The minimum atomic E-state index is -0.599. The summed E-state index contributed by atoms with van der Waals surface area (Å²) in [5.41, 5.74) is 0.906. The predicted octanol–water partition coefficient (Wildman–Crippen LogP) is 1.23. The topological polar surface area (TPSA) is 65.5 Å². The zero-order valence-corrected chi connectivity index (χ0v) is 14.4. The Morgan fingerprint density at radius 1 is 1.04 bits per heavy atom. The number of rotatable bonds is 4. The van der Waals surface area contributed by atoms with E-state index in [-0.39, 0.29) is 5.82 Å². The van der Waals surface area contributed by atoms with Crippen molar-refractivity contribution in [2.45, 2.75) is 6.42 Å². The highest BCUT2D eigenvalue weighted by atomic mass is 19.1. The SMILES string of the molecule is O=C(NCCc1ccc(F)cc1)C(=O)N1CCN(c2ccccn2)CC1. The summed E-state index contributed by atoms with van der Waals surface area (Å²) in [6, 6.07) is 11.8. The normalized spacial score (nSPS) is 14.2. The number of carbonyl (C=O) groups excluding carboxylic acids is 2. The molecule has 0 saturated carbocycles. The van der Waals surface area contributed by atoms with Crippen molar-refractivity contribution in [2.75, 3.05) is 37.6 Å². The molecule has 3 rings (SSSR count). The summed E-state index contributed by atoms with van der Waals surface area (Å²) < 4.78 is 12.9. The van der Waals surface area contributed by atoms with Crippen LogP contribution < -0.4 is 10.2 Å². The lowest BCUT2D eigenvalue weighted by molar-refractivity contribution is -0.146. The zero-order valence-electron chi connectivity index (χ0n) is 14.4. The minimum Gasteiger partial charge on any atom is -0.353 e. The number of nitrogens with zero attached hydrogens (tertiary/aromatic N) is 3. The quantitative estimate of drug-likeness (QED) is 0.837. The number of amides is 2. The molecule has 6 nitrogen and oxygen atoms in total. The van der Waals surface area contributed by atoms with Gasteiger partial charge in [0.2, 0.25) is 0 Å². The lowest BCUT2D eigenvalue weighted by atomic mass is 10.1. The molecule has 1 aromatic carbocycles. The van der Waals surface area contributed by atoms with E-state index in [1.165, 1.54) is 12.1 Å². The summed E-state index contributed by atoms with van der Waals surface area (Å²) in [4.78, 5) is 32.3. The molecule has 0 spiro atoms. The molecule has 0 unspecified atom stereocenters. The summed E-state index contributed by atoms with van der Waals surface area (Å²) in [5, 5.41) is 2.64. The van der Waals surface area contributed by atoms with Crippen LogP contribution in [0.25, 0.3) is 0 Å². The minimum absolute atomic E-state index is 0.294. The number of benzene rings is 1. The van der Waals surface area contributed by atoms with Crippen molar-refractivity contribution in [1.29, 1.82) is 0 Å². The monoisotopic (exact) mass is 356 g/mol. The van der Waals surface area contributed by atoms with E-state index in [0.29, 0.717) is 39.1 Å². The van der Waals surface area contributed by atoms with Gasteiger partial charge in [-0.1, -0.05) is 18.2 Å². The third kappa shape index (κ3) is 4.56. The number of piperazine rings is 1. The molecule has 0 radical (unpaired) electrons. The average Bonchev–Trinajstić information content (AvgIpc) is 2.69. The van der Waals surface area contributed by atoms with Crippen molar-refractivity contribution in [1.82, 2.24) is 15.2 Å². The fourth-order valence-electron chi connectivity index (χ4n) is 2.87. The number of carbonyl (C=O) groups is 2. The Hall–Kier alpha value is -2.96. The van der Waals surface area contributed by atoms with Gasteiger partial charge in [-0.2, -0.15) is 0 Å². The van der Waals surface area contributed by atoms with Crippen molar-refractivity contribution in [3.05, 3.63) is 60.0 Å². The number of pyridine rings is 1. The fourth-order valence-corrected chi connectivity index (χ4v) is 2.87. The Labute approximate surface area is 151 Å². The van der Waals surface area contributed by atoms with Gasteiger partial charge >= 0.3 is 11.8 Å². The molecule has 26 heavy (non-hydrogen) atoms. The lowest BCUT2D eigenvalue weighted by Gasteiger charge is -2.35. The van der Waals surface area contributed by atoms with Gasteiger partial charge in [-0.05, 0) is 36.2 Å². The first kappa shape index (κ1) is 17.8. The Bertz CT molecular complexity index is 744. The lowest BCUT2D eigenvalue weighted by Crippen LogP contribution is -2.53. The Morgan fingerprint density at radius 2 is 1.77 bits per heavy atom. The molecule has 0 aliphatic carbocycles. The largest absolute Gasteiger partial charge is 0.353 e. The number of aromatic nitrogens is 1. The smallest absolute Gasteiger partial charge is 0.312 e. The van der Waals surface area contributed by atoms with Crippen molar-refractivity contribution in [3.63, 3.8) is 0 Å². The number of anilines is 1. The highest BCUT2D eigenvalue weighted by molar-refractivity contribution is 6.35. The fraction of sp³-hybridized carbons (Fsp3) is 0.316. The molecule has 7 heteroatoms. The summed E-state index contributed by atoms with van der Waals surface area (Å²) in [6.07, 6.45) is 2.29. The van der Waals surface area contributed by atoms with Crippen molar-refractivity contribution >= 4 is 17.6 Å². The molecule has 0 bridgehead atoms. The second-order valence-corrected chi connectivity index (χ2v) is 6.10. The van der Waals surface area contributed by atoms with E-state index in [1.54, 1.807) is 23.2 Å². The van der Waals surface area contributed by atoms with Crippen LogP contribution in [0.1, 0.15) is 5.56 Å². The van der Waals surface area contributed by atoms with E-state index in [9.17, 15) is 14.0 Å². The molecular weight excluding hydrogens is 335 g/mol. The summed E-state index contributed by atoms with van der Waals surface area (Å²) in [5.74, 6) is -0.524. The second-order valence-electron chi connectivity index (χ2n) is 6.10. The van der Waals surface area contributed by atoms with Crippen LogP contribution in [0.4, 0.5) is 10.2 Å². The van der Waals surface area contributed by atoms with Crippen LogP contribution in [0.2, 0.25) is 0 Å². The molecule has 2 heterocycles. The van der Waals surface area contributed by atoms with Gasteiger partial charge in [0.25, 0.3) is 0 Å². The summed E-state index contributed by atoms with van der Waals surface area (Å²) in [6.45, 7) is 2.60. The van der Waals surface area contributed by atoms with Gasteiger partial charge in [0.1, 0.15) is 11.6 Å². The van der Waals surface area contributed by atoms with Crippen molar-refractivity contribution in [2.24, 2.45) is 0 Å². The van der Waals surface area contributed by atoms with E-state index in [4.69, 9.17) is 0 Å². The molecule has 1 aromatic heterocycles. The van der Waals surface area contributed by atoms with Crippen LogP contribution in [-0.4, -0.2) is 54.4 Å².